The normalized spacial score (nSPS) is 17.8. The van der Waals surface area contributed by atoms with E-state index in [4.69, 9.17) is 9.47 Å². The van der Waals surface area contributed by atoms with Gasteiger partial charge in [0.05, 0.1) is 14.2 Å². The largest absolute Gasteiger partial charge is 0.497 e. The highest BCUT2D eigenvalue weighted by atomic mass is 16.5. The summed E-state index contributed by atoms with van der Waals surface area (Å²) in [5.41, 5.74) is 2.67. The van der Waals surface area contributed by atoms with Crippen molar-refractivity contribution in [2.45, 2.75) is 25.8 Å². The molecule has 3 heteroatoms. The van der Waals surface area contributed by atoms with Gasteiger partial charge in [0.1, 0.15) is 11.5 Å². The van der Waals surface area contributed by atoms with E-state index in [-0.39, 0.29) is 5.41 Å². The molecule has 16 heavy (non-hydrogen) atoms. The van der Waals surface area contributed by atoms with Gasteiger partial charge in [-0.2, -0.15) is 0 Å². The highest BCUT2D eigenvalue weighted by Crippen LogP contribution is 2.39. The second-order valence-electron chi connectivity index (χ2n) is 4.85. The summed E-state index contributed by atoms with van der Waals surface area (Å²) < 4.78 is 10.8. The molecule has 0 saturated carbocycles. The first-order chi connectivity index (χ1) is 7.58. The SMILES string of the molecule is COc1cc2c(c(OC)c1)C(C)(C)CNC2. The molecule has 0 atom stereocenters. The van der Waals surface area contributed by atoms with Crippen LogP contribution in [0, 0.1) is 0 Å². The summed E-state index contributed by atoms with van der Waals surface area (Å²) in [7, 11) is 3.40. The van der Waals surface area contributed by atoms with Gasteiger partial charge in [-0.25, -0.2) is 0 Å². The van der Waals surface area contributed by atoms with Crippen LogP contribution in [0.25, 0.3) is 0 Å². The molecule has 1 aromatic rings. The van der Waals surface area contributed by atoms with Crippen LogP contribution in [0.5, 0.6) is 11.5 Å². The number of benzene rings is 1. The summed E-state index contributed by atoms with van der Waals surface area (Å²) in [6, 6.07) is 4.05. The van der Waals surface area contributed by atoms with Gasteiger partial charge < -0.3 is 14.8 Å². The number of nitrogens with one attached hydrogen (secondary N) is 1. The van der Waals surface area contributed by atoms with Crippen LogP contribution >= 0.6 is 0 Å². The highest BCUT2D eigenvalue weighted by Gasteiger charge is 2.31. The Balaban J connectivity index is 2.60. The molecule has 0 aromatic heterocycles. The number of hydrogen-bond acceptors (Lipinski definition) is 3. The van der Waals surface area contributed by atoms with Gasteiger partial charge in [-0.1, -0.05) is 13.8 Å². The Kier molecular flexibility index (Phi) is 2.80. The minimum atomic E-state index is 0.102. The van der Waals surface area contributed by atoms with Crippen LogP contribution in [0.3, 0.4) is 0 Å². The zero-order valence-corrected chi connectivity index (χ0v) is 10.4. The van der Waals surface area contributed by atoms with Gasteiger partial charge in [0.15, 0.2) is 0 Å². The highest BCUT2D eigenvalue weighted by molar-refractivity contribution is 5.51. The van der Waals surface area contributed by atoms with Gasteiger partial charge in [-0.15, -0.1) is 0 Å². The third-order valence-corrected chi connectivity index (χ3v) is 3.17. The molecule has 1 aliphatic heterocycles. The molecular formula is C13H19NO2. The van der Waals surface area contributed by atoms with E-state index in [0.717, 1.165) is 24.6 Å². The molecule has 2 rings (SSSR count). The van der Waals surface area contributed by atoms with Crippen LogP contribution in [-0.2, 0) is 12.0 Å². The number of fused-ring (bicyclic) bond motifs is 1. The third kappa shape index (κ3) is 1.76. The number of hydrogen-bond donors (Lipinski definition) is 1. The van der Waals surface area contributed by atoms with Crippen LogP contribution in [0.4, 0.5) is 0 Å². The Morgan fingerprint density at radius 2 is 1.94 bits per heavy atom. The van der Waals surface area contributed by atoms with Crippen molar-refractivity contribution < 1.29 is 9.47 Å². The summed E-state index contributed by atoms with van der Waals surface area (Å²) in [6.07, 6.45) is 0. The molecule has 0 radical (unpaired) electrons. The fourth-order valence-corrected chi connectivity index (χ4v) is 2.43. The summed E-state index contributed by atoms with van der Waals surface area (Å²) >= 11 is 0. The molecule has 0 unspecified atom stereocenters. The second kappa shape index (κ2) is 3.98. The van der Waals surface area contributed by atoms with E-state index >= 15 is 0 Å². The lowest BCUT2D eigenvalue weighted by Crippen LogP contribution is -2.39. The quantitative estimate of drug-likeness (QED) is 0.829. The Hall–Kier alpha value is -1.22. The summed E-state index contributed by atoms with van der Waals surface area (Å²) in [6.45, 7) is 6.31. The van der Waals surface area contributed by atoms with Crippen molar-refractivity contribution in [1.82, 2.24) is 5.32 Å². The zero-order valence-electron chi connectivity index (χ0n) is 10.4. The number of ether oxygens (including phenoxy) is 2. The third-order valence-electron chi connectivity index (χ3n) is 3.17. The Morgan fingerprint density at radius 3 is 2.56 bits per heavy atom. The molecule has 1 aromatic carbocycles. The van der Waals surface area contributed by atoms with E-state index in [9.17, 15) is 0 Å². The first-order valence-electron chi connectivity index (χ1n) is 5.54. The lowest BCUT2D eigenvalue weighted by Gasteiger charge is -2.34. The topological polar surface area (TPSA) is 30.5 Å². The molecule has 1 heterocycles. The summed E-state index contributed by atoms with van der Waals surface area (Å²) in [5.74, 6) is 1.79. The molecule has 1 aliphatic rings. The Bertz CT molecular complexity index is 382. The molecule has 0 amide bonds. The van der Waals surface area contributed by atoms with Crippen molar-refractivity contribution in [3.63, 3.8) is 0 Å². The van der Waals surface area contributed by atoms with Crippen molar-refractivity contribution in [3.05, 3.63) is 23.3 Å². The molecule has 0 saturated heterocycles. The van der Waals surface area contributed by atoms with Gasteiger partial charge in [0, 0.05) is 30.1 Å². The van der Waals surface area contributed by atoms with E-state index in [1.165, 1.54) is 11.1 Å². The first-order valence-corrected chi connectivity index (χ1v) is 5.54. The van der Waals surface area contributed by atoms with Gasteiger partial charge in [-0.05, 0) is 11.6 Å². The second-order valence-corrected chi connectivity index (χ2v) is 4.85. The molecular weight excluding hydrogens is 202 g/mol. The monoisotopic (exact) mass is 221 g/mol. The lowest BCUT2D eigenvalue weighted by molar-refractivity contribution is 0.361. The fourth-order valence-electron chi connectivity index (χ4n) is 2.43. The smallest absolute Gasteiger partial charge is 0.126 e. The molecule has 3 nitrogen and oxygen atoms in total. The van der Waals surface area contributed by atoms with Crippen molar-refractivity contribution in [3.8, 4) is 11.5 Å². The molecule has 0 bridgehead atoms. The maximum atomic E-state index is 5.48. The first kappa shape index (κ1) is 11.3. The zero-order chi connectivity index (χ0) is 11.8. The van der Waals surface area contributed by atoms with Crippen molar-refractivity contribution in [1.29, 1.82) is 0 Å². The Labute approximate surface area is 96.8 Å². The van der Waals surface area contributed by atoms with Crippen molar-refractivity contribution in [2.24, 2.45) is 0 Å². The van der Waals surface area contributed by atoms with Crippen molar-refractivity contribution in [2.75, 3.05) is 20.8 Å². The number of rotatable bonds is 2. The summed E-state index contributed by atoms with van der Waals surface area (Å²) in [5, 5.41) is 3.42. The van der Waals surface area contributed by atoms with Crippen molar-refractivity contribution >= 4 is 0 Å². The molecule has 0 aliphatic carbocycles. The molecule has 88 valence electrons. The molecule has 0 fully saturated rings. The predicted octanol–water partition coefficient (Wildman–Crippen LogP) is 2.08. The van der Waals surface area contributed by atoms with E-state index in [1.807, 2.05) is 6.07 Å². The van der Waals surface area contributed by atoms with E-state index in [1.54, 1.807) is 14.2 Å². The van der Waals surface area contributed by atoms with Crippen LogP contribution in [0.1, 0.15) is 25.0 Å². The van der Waals surface area contributed by atoms with Crippen LogP contribution in [-0.4, -0.2) is 20.8 Å². The van der Waals surface area contributed by atoms with E-state index < -0.39 is 0 Å². The summed E-state index contributed by atoms with van der Waals surface area (Å²) in [4.78, 5) is 0. The molecule has 1 N–H and O–H groups in total. The fraction of sp³-hybridized carbons (Fsp3) is 0.538. The van der Waals surface area contributed by atoms with Gasteiger partial charge in [-0.3, -0.25) is 0 Å². The van der Waals surface area contributed by atoms with Crippen LogP contribution in [0.2, 0.25) is 0 Å². The average molecular weight is 221 g/mol. The average Bonchev–Trinajstić information content (AvgIpc) is 2.26. The maximum Gasteiger partial charge on any atom is 0.126 e. The van der Waals surface area contributed by atoms with E-state index in [2.05, 4.69) is 25.2 Å². The van der Waals surface area contributed by atoms with Gasteiger partial charge >= 0.3 is 0 Å². The minimum Gasteiger partial charge on any atom is -0.497 e. The van der Waals surface area contributed by atoms with Crippen LogP contribution in [0.15, 0.2) is 12.1 Å². The predicted molar refractivity (Wildman–Crippen MR) is 64.3 cm³/mol. The van der Waals surface area contributed by atoms with Crippen LogP contribution < -0.4 is 14.8 Å². The lowest BCUT2D eigenvalue weighted by atomic mass is 9.78. The minimum absolute atomic E-state index is 0.102. The maximum absolute atomic E-state index is 5.48. The number of methoxy groups -OCH3 is 2. The Morgan fingerprint density at radius 1 is 1.19 bits per heavy atom. The van der Waals surface area contributed by atoms with Gasteiger partial charge in [0.2, 0.25) is 0 Å². The standard InChI is InChI=1S/C13H19NO2/c1-13(2)8-14-7-9-5-10(15-3)6-11(16-4)12(9)13/h5-6,14H,7-8H2,1-4H3. The van der Waals surface area contributed by atoms with E-state index in [0.29, 0.717) is 0 Å². The molecule has 0 spiro atoms. The van der Waals surface area contributed by atoms with Gasteiger partial charge in [0.25, 0.3) is 0 Å².